The van der Waals surface area contributed by atoms with Crippen molar-refractivity contribution in [3.05, 3.63) is 30.1 Å². The summed E-state index contributed by atoms with van der Waals surface area (Å²) in [6, 6.07) is 3.73. The molecule has 1 aromatic rings. The number of sulfonamides is 1. The molecular weight excluding hydrogens is 411 g/mol. The lowest BCUT2D eigenvalue weighted by Gasteiger charge is -2.37. The first-order valence-electron chi connectivity index (χ1n) is 10.4. The molecule has 4 rings (SSSR count). The van der Waals surface area contributed by atoms with Gasteiger partial charge in [0.05, 0.1) is 10.9 Å². The topological polar surface area (TPSA) is 90.0 Å². The third-order valence-electron chi connectivity index (χ3n) is 6.39. The van der Waals surface area contributed by atoms with Crippen molar-refractivity contribution < 1.29 is 22.4 Å². The quantitative estimate of drug-likeness (QED) is 0.702. The average Bonchev–Trinajstić information content (AvgIpc) is 3.28. The van der Waals surface area contributed by atoms with Crippen LogP contribution in [0.25, 0.3) is 0 Å². The number of halogens is 1. The van der Waals surface area contributed by atoms with Gasteiger partial charge < -0.3 is 10.2 Å². The van der Waals surface area contributed by atoms with Crippen LogP contribution in [0, 0.1) is 5.82 Å². The summed E-state index contributed by atoms with van der Waals surface area (Å²) in [5.41, 5.74) is -0.870. The molecule has 3 amide bonds. The normalized spacial score (nSPS) is 25.3. The molecule has 0 radical (unpaired) electrons. The van der Waals surface area contributed by atoms with Crippen molar-refractivity contribution in [1.82, 2.24) is 19.4 Å². The van der Waals surface area contributed by atoms with Crippen molar-refractivity contribution in [2.45, 2.75) is 49.1 Å². The summed E-state index contributed by atoms with van der Waals surface area (Å²) in [4.78, 5) is 29.4. The lowest BCUT2D eigenvalue weighted by Crippen LogP contribution is -2.55. The van der Waals surface area contributed by atoms with Crippen LogP contribution in [0.2, 0.25) is 0 Å². The van der Waals surface area contributed by atoms with Crippen LogP contribution in [0.3, 0.4) is 0 Å². The Morgan fingerprint density at radius 3 is 2.43 bits per heavy atom. The second-order valence-corrected chi connectivity index (χ2v) is 10.2. The minimum atomic E-state index is -3.81. The lowest BCUT2D eigenvalue weighted by molar-refractivity contribution is -0.134. The van der Waals surface area contributed by atoms with Crippen LogP contribution in [0.15, 0.2) is 29.2 Å². The highest BCUT2D eigenvalue weighted by molar-refractivity contribution is 7.89. The minimum Gasteiger partial charge on any atom is -0.323 e. The Balaban J connectivity index is 1.46. The second kappa shape index (κ2) is 7.90. The van der Waals surface area contributed by atoms with Gasteiger partial charge in [0.25, 0.3) is 5.91 Å². The molecule has 1 N–H and O–H groups in total. The lowest BCUT2D eigenvalue weighted by atomic mass is 9.87. The Morgan fingerprint density at radius 1 is 1.13 bits per heavy atom. The van der Waals surface area contributed by atoms with Gasteiger partial charge >= 0.3 is 6.03 Å². The van der Waals surface area contributed by atoms with Gasteiger partial charge in [0, 0.05) is 26.2 Å². The van der Waals surface area contributed by atoms with Crippen LogP contribution >= 0.6 is 0 Å². The Bertz CT molecular complexity index is 929. The Kier molecular flexibility index (Phi) is 5.58. The highest BCUT2D eigenvalue weighted by Crippen LogP contribution is 2.33. The third-order valence-corrected chi connectivity index (χ3v) is 8.26. The average molecular weight is 439 g/mol. The Hall–Kier alpha value is -2.04. The first-order chi connectivity index (χ1) is 14.3. The van der Waals surface area contributed by atoms with Crippen molar-refractivity contribution in [2.24, 2.45) is 0 Å². The summed E-state index contributed by atoms with van der Waals surface area (Å²) < 4.78 is 40.1. The van der Waals surface area contributed by atoms with E-state index in [4.69, 9.17) is 0 Å². The number of piperidine rings is 1. The number of carbonyl (C=O) groups is 2. The summed E-state index contributed by atoms with van der Waals surface area (Å²) >= 11 is 0. The molecule has 3 aliphatic heterocycles. The van der Waals surface area contributed by atoms with Gasteiger partial charge in [0.1, 0.15) is 11.4 Å². The highest BCUT2D eigenvalue weighted by Gasteiger charge is 2.55. The molecule has 3 aliphatic rings. The fraction of sp³-hybridized carbons (Fsp3) is 0.600. The summed E-state index contributed by atoms with van der Waals surface area (Å²) in [7, 11) is -3.81. The molecule has 164 valence electrons. The summed E-state index contributed by atoms with van der Waals surface area (Å²) in [6.45, 7) is 4.85. The van der Waals surface area contributed by atoms with Gasteiger partial charge in [-0.25, -0.2) is 17.6 Å². The number of hydrogen-bond acceptors (Lipinski definition) is 5. The molecule has 0 bridgehead atoms. The molecule has 3 heterocycles. The maximum Gasteiger partial charge on any atom is 0.325 e. The van der Waals surface area contributed by atoms with Gasteiger partial charge in [0.15, 0.2) is 0 Å². The number of benzene rings is 1. The number of hydrogen-bond donors (Lipinski definition) is 1. The first kappa shape index (κ1) is 21.2. The molecule has 1 spiro atoms. The van der Waals surface area contributed by atoms with E-state index in [2.05, 4.69) is 17.1 Å². The molecule has 0 saturated carbocycles. The number of amides is 3. The van der Waals surface area contributed by atoms with Crippen LogP contribution < -0.4 is 5.32 Å². The molecule has 3 saturated heterocycles. The molecule has 0 aliphatic carbocycles. The van der Waals surface area contributed by atoms with E-state index >= 15 is 0 Å². The zero-order valence-electron chi connectivity index (χ0n) is 17.0. The number of nitrogens with one attached hydrogen (secondary N) is 1. The molecule has 3 fully saturated rings. The van der Waals surface area contributed by atoms with Gasteiger partial charge in [-0.2, -0.15) is 4.31 Å². The van der Waals surface area contributed by atoms with E-state index in [-0.39, 0.29) is 23.9 Å². The van der Waals surface area contributed by atoms with E-state index in [1.807, 2.05) is 0 Å². The molecule has 30 heavy (non-hydrogen) atoms. The standard InChI is InChI=1S/C20H27FN4O4S/c1-2-10-23-12-8-20(9-13-23)18(26)25(19(27)22-20)16-7-11-24(14-16)30(28,29)17-5-3-15(21)4-6-17/h3-6,16H,2,7-14H2,1H3,(H,22,27)/t16-/m0/s1. The zero-order valence-corrected chi connectivity index (χ0v) is 17.8. The third kappa shape index (κ3) is 3.61. The van der Waals surface area contributed by atoms with Gasteiger partial charge in [-0.1, -0.05) is 6.92 Å². The number of likely N-dealkylation sites (tertiary alicyclic amines) is 1. The van der Waals surface area contributed by atoms with E-state index in [1.54, 1.807) is 0 Å². The summed E-state index contributed by atoms with van der Waals surface area (Å²) in [5.74, 6) is -0.752. The fourth-order valence-electron chi connectivity index (χ4n) is 4.68. The SMILES string of the molecule is CCCN1CCC2(CC1)NC(=O)N([C@H]1CCN(S(=O)(=O)c3ccc(F)cc3)C1)C2=O. The predicted molar refractivity (Wildman–Crippen MR) is 108 cm³/mol. The largest absolute Gasteiger partial charge is 0.325 e. The van der Waals surface area contributed by atoms with Gasteiger partial charge in [-0.15, -0.1) is 0 Å². The number of nitrogens with zero attached hydrogens (tertiary/aromatic N) is 3. The first-order valence-corrected chi connectivity index (χ1v) is 11.8. The van der Waals surface area contributed by atoms with E-state index in [0.29, 0.717) is 19.3 Å². The van der Waals surface area contributed by atoms with Crippen LogP contribution in [-0.2, 0) is 14.8 Å². The summed E-state index contributed by atoms with van der Waals surface area (Å²) in [5, 5.41) is 2.90. The molecule has 0 aromatic heterocycles. The van der Waals surface area contributed by atoms with Crippen LogP contribution in [0.5, 0.6) is 0 Å². The van der Waals surface area contributed by atoms with Gasteiger partial charge in [-0.05, 0) is 56.5 Å². The van der Waals surface area contributed by atoms with E-state index in [0.717, 1.165) is 38.2 Å². The highest BCUT2D eigenvalue weighted by atomic mass is 32.2. The van der Waals surface area contributed by atoms with E-state index < -0.39 is 33.5 Å². The van der Waals surface area contributed by atoms with Crippen molar-refractivity contribution >= 4 is 22.0 Å². The maximum atomic E-state index is 13.2. The Labute approximate surface area is 176 Å². The smallest absolute Gasteiger partial charge is 0.323 e. The molecule has 1 atom stereocenters. The van der Waals surface area contributed by atoms with Crippen molar-refractivity contribution in [3.8, 4) is 0 Å². The van der Waals surface area contributed by atoms with Crippen molar-refractivity contribution in [2.75, 3.05) is 32.7 Å². The Morgan fingerprint density at radius 2 is 1.80 bits per heavy atom. The zero-order chi connectivity index (χ0) is 21.5. The molecular formula is C20H27FN4O4S. The molecule has 1 aromatic carbocycles. The van der Waals surface area contributed by atoms with Crippen molar-refractivity contribution in [1.29, 1.82) is 0 Å². The van der Waals surface area contributed by atoms with E-state index in [1.165, 1.54) is 21.3 Å². The number of rotatable bonds is 5. The van der Waals surface area contributed by atoms with E-state index in [9.17, 15) is 22.4 Å². The monoisotopic (exact) mass is 438 g/mol. The predicted octanol–water partition coefficient (Wildman–Crippen LogP) is 1.39. The molecule has 10 heteroatoms. The maximum absolute atomic E-state index is 13.2. The number of carbonyl (C=O) groups excluding carboxylic acids is 2. The van der Waals surface area contributed by atoms with Crippen LogP contribution in [0.4, 0.5) is 9.18 Å². The van der Waals surface area contributed by atoms with Crippen LogP contribution in [0.1, 0.15) is 32.6 Å². The van der Waals surface area contributed by atoms with Crippen molar-refractivity contribution in [3.63, 3.8) is 0 Å². The summed E-state index contributed by atoms with van der Waals surface area (Å²) in [6.07, 6.45) is 2.56. The van der Waals surface area contributed by atoms with Gasteiger partial charge in [0.2, 0.25) is 10.0 Å². The number of urea groups is 1. The van der Waals surface area contributed by atoms with Gasteiger partial charge in [-0.3, -0.25) is 9.69 Å². The fourth-order valence-corrected chi connectivity index (χ4v) is 6.17. The number of imide groups is 1. The molecule has 0 unspecified atom stereocenters. The van der Waals surface area contributed by atoms with Crippen LogP contribution in [-0.4, -0.2) is 78.8 Å². The minimum absolute atomic E-state index is 0.00140. The molecule has 8 nitrogen and oxygen atoms in total. The second-order valence-electron chi connectivity index (χ2n) is 8.29.